The van der Waals surface area contributed by atoms with Crippen LogP contribution in [0.15, 0.2) is 11.6 Å². The topological polar surface area (TPSA) is 49.3 Å². The summed E-state index contributed by atoms with van der Waals surface area (Å²) in [4.78, 5) is 10.4. The third kappa shape index (κ3) is 5.07. The molecule has 0 radical (unpaired) electrons. The predicted octanol–water partition coefficient (Wildman–Crippen LogP) is 1.37. The van der Waals surface area contributed by atoms with Crippen molar-refractivity contribution in [3.8, 4) is 0 Å². The van der Waals surface area contributed by atoms with Crippen molar-refractivity contribution in [2.75, 3.05) is 6.00 Å². The highest BCUT2D eigenvalue weighted by atomic mass is 35.5. The summed E-state index contributed by atoms with van der Waals surface area (Å²) in [7, 11) is 0. The predicted molar refractivity (Wildman–Crippen MR) is 44.9 cm³/mol. The molecule has 0 aromatic heterocycles. The second-order valence-electron chi connectivity index (χ2n) is 1.95. The molecular formula is C6H9Cl2NO2. The van der Waals surface area contributed by atoms with Gasteiger partial charge in [0.05, 0.1) is 6.00 Å². The van der Waals surface area contributed by atoms with Gasteiger partial charge in [0.25, 0.3) is 0 Å². The Morgan fingerprint density at radius 1 is 1.73 bits per heavy atom. The standard InChI is InChI=1S/C6H9Cl2NO2/c1-4(8)2-5(6(10)11)9-3-7/h5,9H,1-3H2,(H,10,11). The summed E-state index contributed by atoms with van der Waals surface area (Å²) in [5.74, 6) is -0.979. The minimum atomic E-state index is -0.979. The molecule has 0 saturated carbocycles. The first-order valence-electron chi connectivity index (χ1n) is 2.93. The van der Waals surface area contributed by atoms with Gasteiger partial charge in [-0.05, 0) is 0 Å². The van der Waals surface area contributed by atoms with E-state index in [1.54, 1.807) is 0 Å². The number of halogens is 2. The Labute approximate surface area is 75.0 Å². The maximum absolute atomic E-state index is 10.4. The van der Waals surface area contributed by atoms with Crippen molar-refractivity contribution in [1.29, 1.82) is 0 Å². The van der Waals surface area contributed by atoms with Crippen molar-refractivity contribution in [2.24, 2.45) is 0 Å². The number of hydrogen-bond donors (Lipinski definition) is 2. The fourth-order valence-electron chi connectivity index (χ4n) is 0.561. The van der Waals surface area contributed by atoms with E-state index in [1.807, 2.05) is 0 Å². The summed E-state index contributed by atoms with van der Waals surface area (Å²) in [6, 6.07) is -0.654. The molecule has 1 unspecified atom stereocenters. The zero-order valence-electron chi connectivity index (χ0n) is 5.81. The lowest BCUT2D eigenvalue weighted by atomic mass is 10.2. The molecule has 11 heavy (non-hydrogen) atoms. The third-order valence-electron chi connectivity index (χ3n) is 1.05. The third-order valence-corrected chi connectivity index (χ3v) is 1.36. The lowest BCUT2D eigenvalue weighted by Gasteiger charge is -2.10. The van der Waals surface area contributed by atoms with Crippen molar-refractivity contribution in [3.05, 3.63) is 11.6 Å². The Balaban J connectivity index is 3.89. The number of carbonyl (C=O) groups is 1. The molecule has 0 saturated heterocycles. The molecule has 0 bridgehead atoms. The Kier molecular flexibility index (Phi) is 5.28. The van der Waals surface area contributed by atoms with Gasteiger partial charge < -0.3 is 5.11 Å². The SMILES string of the molecule is C=C(Cl)CC(NCCl)C(=O)O. The highest BCUT2D eigenvalue weighted by Gasteiger charge is 2.15. The molecule has 64 valence electrons. The van der Waals surface area contributed by atoms with Crippen molar-refractivity contribution in [3.63, 3.8) is 0 Å². The Morgan fingerprint density at radius 3 is 2.55 bits per heavy atom. The van der Waals surface area contributed by atoms with Gasteiger partial charge in [0.1, 0.15) is 6.04 Å². The molecule has 3 nitrogen and oxygen atoms in total. The second kappa shape index (κ2) is 5.41. The molecule has 0 fully saturated rings. The highest BCUT2D eigenvalue weighted by Crippen LogP contribution is 2.07. The fourth-order valence-corrected chi connectivity index (χ4v) is 0.902. The van der Waals surface area contributed by atoms with Gasteiger partial charge in [0, 0.05) is 11.5 Å². The van der Waals surface area contributed by atoms with Crippen LogP contribution in [-0.2, 0) is 4.79 Å². The van der Waals surface area contributed by atoms with E-state index in [0.29, 0.717) is 5.03 Å². The van der Waals surface area contributed by atoms with Crippen LogP contribution in [0.4, 0.5) is 0 Å². The van der Waals surface area contributed by atoms with E-state index in [9.17, 15) is 4.79 Å². The number of alkyl halides is 1. The monoisotopic (exact) mass is 197 g/mol. The number of hydrogen-bond acceptors (Lipinski definition) is 2. The van der Waals surface area contributed by atoms with E-state index < -0.39 is 12.0 Å². The van der Waals surface area contributed by atoms with Crippen molar-refractivity contribution in [1.82, 2.24) is 5.32 Å². The first kappa shape index (κ1) is 10.8. The average Bonchev–Trinajstić information content (AvgIpc) is 1.86. The van der Waals surface area contributed by atoms with Crippen LogP contribution in [0.2, 0.25) is 0 Å². The van der Waals surface area contributed by atoms with Crippen LogP contribution in [0.5, 0.6) is 0 Å². The summed E-state index contributed by atoms with van der Waals surface area (Å²) >= 11 is 10.7. The van der Waals surface area contributed by atoms with E-state index in [-0.39, 0.29) is 12.4 Å². The number of nitrogens with one attached hydrogen (secondary N) is 1. The van der Waals surface area contributed by atoms with Crippen LogP contribution >= 0.6 is 23.2 Å². The first-order chi connectivity index (χ1) is 5.07. The van der Waals surface area contributed by atoms with Crippen molar-refractivity contribution >= 4 is 29.2 Å². The maximum atomic E-state index is 10.4. The number of carboxylic acids is 1. The second-order valence-corrected chi connectivity index (χ2v) is 2.75. The van der Waals surface area contributed by atoms with Gasteiger partial charge in [0.2, 0.25) is 0 Å². The normalized spacial score (nSPS) is 12.5. The number of rotatable bonds is 5. The Bertz CT molecular complexity index is 161. The molecule has 0 heterocycles. The van der Waals surface area contributed by atoms with Gasteiger partial charge in [0.15, 0.2) is 0 Å². The quantitative estimate of drug-likeness (QED) is 0.518. The van der Waals surface area contributed by atoms with Gasteiger partial charge in [-0.1, -0.05) is 18.2 Å². The zero-order chi connectivity index (χ0) is 8.85. The minimum absolute atomic E-state index is 0.0845. The van der Waals surface area contributed by atoms with Crippen LogP contribution in [0.25, 0.3) is 0 Å². The van der Waals surface area contributed by atoms with Gasteiger partial charge in [-0.2, -0.15) is 0 Å². The fraction of sp³-hybridized carbons (Fsp3) is 0.500. The largest absolute Gasteiger partial charge is 0.480 e. The molecule has 0 aliphatic carbocycles. The average molecular weight is 198 g/mol. The van der Waals surface area contributed by atoms with Crippen molar-refractivity contribution < 1.29 is 9.90 Å². The zero-order valence-corrected chi connectivity index (χ0v) is 7.32. The van der Waals surface area contributed by atoms with E-state index in [2.05, 4.69) is 11.9 Å². The van der Waals surface area contributed by atoms with E-state index in [4.69, 9.17) is 28.3 Å². The summed E-state index contributed by atoms with van der Waals surface area (Å²) in [6.07, 6.45) is 0.184. The number of carboxylic acid groups (broad SMARTS) is 1. The van der Waals surface area contributed by atoms with Crippen LogP contribution in [-0.4, -0.2) is 23.1 Å². The van der Waals surface area contributed by atoms with Gasteiger partial charge in [-0.3, -0.25) is 10.1 Å². The Hall–Kier alpha value is -0.250. The molecule has 2 N–H and O–H groups in total. The Morgan fingerprint density at radius 2 is 2.27 bits per heavy atom. The van der Waals surface area contributed by atoms with Crippen LogP contribution in [0.1, 0.15) is 6.42 Å². The molecule has 0 amide bonds. The minimum Gasteiger partial charge on any atom is -0.480 e. The molecule has 0 aromatic rings. The van der Waals surface area contributed by atoms with Crippen molar-refractivity contribution in [2.45, 2.75) is 12.5 Å². The molecule has 0 aliphatic heterocycles. The van der Waals surface area contributed by atoms with Gasteiger partial charge in [-0.15, -0.1) is 11.6 Å². The summed E-state index contributed by atoms with van der Waals surface area (Å²) < 4.78 is 0. The molecule has 5 heteroatoms. The highest BCUT2D eigenvalue weighted by molar-refractivity contribution is 6.29. The molecular weight excluding hydrogens is 189 g/mol. The van der Waals surface area contributed by atoms with Crippen LogP contribution < -0.4 is 5.32 Å². The maximum Gasteiger partial charge on any atom is 0.321 e. The number of aliphatic carboxylic acids is 1. The van der Waals surface area contributed by atoms with E-state index in [1.165, 1.54) is 0 Å². The van der Waals surface area contributed by atoms with E-state index in [0.717, 1.165) is 0 Å². The van der Waals surface area contributed by atoms with Gasteiger partial charge in [-0.25, -0.2) is 0 Å². The molecule has 0 rings (SSSR count). The molecule has 1 atom stereocenters. The summed E-state index contributed by atoms with van der Waals surface area (Å²) in [5, 5.41) is 11.4. The smallest absolute Gasteiger partial charge is 0.321 e. The molecule has 0 aliphatic rings. The molecule has 0 spiro atoms. The van der Waals surface area contributed by atoms with E-state index >= 15 is 0 Å². The first-order valence-corrected chi connectivity index (χ1v) is 3.84. The van der Waals surface area contributed by atoms with Crippen LogP contribution in [0.3, 0.4) is 0 Å². The van der Waals surface area contributed by atoms with Crippen LogP contribution in [0, 0.1) is 0 Å². The molecule has 0 aromatic carbocycles. The lowest BCUT2D eigenvalue weighted by molar-refractivity contribution is -0.139. The van der Waals surface area contributed by atoms with Gasteiger partial charge >= 0.3 is 5.97 Å². The summed E-state index contributed by atoms with van der Waals surface area (Å²) in [5.41, 5.74) is 0. The summed E-state index contributed by atoms with van der Waals surface area (Å²) in [6.45, 7) is 3.38. The lowest BCUT2D eigenvalue weighted by Crippen LogP contribution is -2.35.